The van der Waals surface area contributed by atoms with Crippen LogP contribution in [-0.2, 0) is 23.9 Å². The molecule has 0 aromatic rings. The fourth-order valence-corrected chi connectivity index (χ4v) is 3.58. The molecule has 1 fully saturated rings. The highest BCUT2D eigenvalue weighted by Crippen LogP contribution is 2.56. The van der Waals surface area contributed by atoms with Crippen LogP contribution < -0.4 is 0 Å². The zero-order valence-corrected chi connectivity index (χ0v) is 16.5. The van der Waals surface area contributed by atoms with Crippen LogP contribution in [0.25, 0.3) is 0 Å². The Morgan fingerprint density at radius 1 is 1.04 bits per heavy atom. The van der Waals surface area contributed by atoms with Crippen LogP contribution in [0.3, 0.4) is 0 Å². The van der Waals surface area contributed by atoms with Gasteiger partial charge in [0, 0.05) is 0 Å². The first-order valence-corrected chi connectivity index (χ1v) is 8.61. The van der Waals surface area contributed by atoms with E-state index in [1.165, 1.54) is 0 Å². The number of carbonyl (C=O) groups excluding carboxylic acids is 3. The third-order valence-electron chi connectivity index (χ3n) is 6.14. The molecule has 0 aromatic carbocycles. The van der Waals surface area contributed by atoms with E-state index in [1.807, 2.05) is 55.4 Å². The van der Waals surface area contributed by atoms with E-state index >= 15 is 0 Å². The Bertz CT molecular complexity index is 524. The first-order valence-electron chi connectivity index (χ1n) is 8.61. The van der Waals surface area contributed by atoms with Crippen molar-refractivity contribution in [2.45, 2.75) is 62.3 Å². The molecule has 1 aliphatic rings. The molecule has 0 spiro atoms. The molecule has 1 rings (SSSR count). The molecular weight excluding hydrogens is 308 g/mol. The smallest absolute Gasteiger partial charge is 0.318 e. The van der Waals surface area contributed by atoms with Gasteiger partial charge in [0.25, 0.3) is 0 Å². The first-order chi connectivity index (χ1) is 10.7. The Balaban J connectivity index is 3.31. The van der Waals surface area contributed by atoms with Gasteiger partial charge in [-0.3, -0.25) is 14.4 Å². The predicted molar refractivity (Wildman–Crippen MR) is 90.9 cm³/mol. The van der Waals surface area contributed by atoms with Crippen molar-refractivity contribution in [2.24, 2.45) is 34.0 Å². The maximum absolute atomic E-state index is 12.5. The van der Waals surface area contributed by atoms with Gasteiger partial charge >= 0.3 is 17.9 Å². The topological polar surface area (TPSA) is 69.7 Å². The van der Waals surface area contributed by atoms with E-state index in [4.69, 9.17) is 9.47 Å². The number of cyclic esters (lactones) is 2. The van der Waals surface area contributed by atoms with Crippen molar-refractivity contribution in [3.8, 4) is 0 Å². The molecule has 0 aliphatic carbocycles. The predicted octanol–water partition coefficient (Wildman–Crippen LogP) is 3.60. The zero-order chi connectivity index (χ0) is 19.1. The van der Waals surface area contributed by atoms with Crippen molar-refractivity contribution in [1.82, 2.24) is 0 Å². The number of ether oxygens (including phenoxy) is 2. The van der Waals surface area contributed by atoms with Gasteiger partial charge in [-0.05, 0) is 23.2 Å². The van der Waals surface area contributed by atoms with E-state index in [2.05, 4.69) is 0 Å². The molecule has 1 heterocycles. The van der Waals surface area contributed by atoms with Gasteiger partial charge in [-0.25, -0.2) is 0 Å². The van der Waals surface area contributed by atoms with Crippen molar-refractivity contribution < 1.29 is 23.9 Å². The third-order valence-corrected chi connectivity index (χ3v) is 6.14. The lowest BCUT2D eigenvalue weighted by Gasteiger charge is -2.49. The average molecular weight is 340 g/mol. The standard InChI is InChI=1S/C19H32O5/c1-10-23-14(20)11(2)18(6,7)19(8,9)13-12(17(3,4)5)15(21)24-16(13)22/h11-13H,10H2,1-9H3. The second-order valence-electron chi connectivity index (χ2n) is 8.98. The molecule has 0 saturated carbocycles. The molecule has 0 N–H and O–H groups in total. The SMILES string of the molecule is CCOC(=O)C(C)C(C)(C)C(C)(C)C1C(=O)OC(=O)C1C(C)(C)C. The van der Waals surface area contributed by atoms with Gasteiger partial charge in [-0.2, -0.15) is 0 Å². The van der Waals surface area contributed by atoms with Gasteiger partial charge in [-0.15, -0.1) is 0 Å². The van der Waals surface area contributed by atoms with E-state index in [1.54, 1.807) is 6.92 Å². The maximum atomic E-state index is 12.5. The highest BCUT2D eigenvalue weighted by Gasteiger charge is 2.61. The first kappa shape index (κ1) is 20.7. The van der Waals surface area contributed by atoms with Gasteiger partial charge in [0.05, 0.1) is 24.4 Å². The Labute approximate surface area is 145 Å². The molecule has 5 nitrogen and oxygen atoms in total. The summed E-state index contributed by atoms with van der Waals surface area (Å²) in [4.78, 5) is 37.1. The van der Waals surface area contributed by atoms with Crippen molar-refractivity contribution in [3.05, 3.63) is 0 Å². The van der Waals surface area contributed by atoms with E-state index in [0.29, 0.717) is 6.61 Å². The van der Waals surface area contributed by atoms with Gasteiger partial charge in [0.2, 0.25) is 0 Å². The van der Waals surface area contributed by atoms with Crippen LogP contribution in [0.4, 0.5) is 0 Å². The molecule has 3 unspecified atom stereocenters. The number of hydrogen-bond acceptors (Lipinski definition) is 5. The van der Waals surface area contributed by atoms with Crippen molar-refractivity contribution in [1.29, 1.82) is 0 Å². The molecular formula is C19H32O5. The van der Waals surface area contributed by atoms with Crippen molar-refractivity contribution >= 4 is 17.9 Å². The van der Waals surface area contributed by atoms with E-state index in [0.717, 1.165) is 0 Å². The quantitative estimate of drug-likeness (QED) is 0.565. The highest BCUT2D eigenvalue weighted by molar-refractivity contribution is 5.97. The lowest BCUT2D eigenvalue weighted by molar-refractivity contribution is -0.162. The monoisotopic (exact) mass is 340 g/mol. The van der Waals surface area contributed by atoms with Crippen molar-refractivity contribution in [3.63, 3.8) is 0 Å². The van der Waals surface area contributed by atoms with Gasteiger partial charge in [0.1, 0.15) is 0 Å². The summed E-state index contributed by atoms with van der Waals surface area (Å²) in [5.74, 6) is -2.80. The normalized spacial score (nSPS) is 23.9. The van der Waals surface area contributed by atoms with E-state index in [9.17, 15) is 14.4 Å². The van der Waals surface area contributed by atoms with Crippen LogP contribution in [0, 0.1) is 34.0 Å². The van der Waals surface area contributed by atoms with Gasteiger partial charge in [0.15, 0.2) is 0 Å². The fourth-order valence-electron chi connectivity index (χ4n) is 3.58. The summed E-state index contributed by atoms with van der Waals surface area (Å²) in [7, 11) is 0. The van der Waals surface area contributed by atoms with Crippen molar-refractivity contribution in [2.75, 3.05) is 6.61 Å². The van der Waals surface area contributed by atoms with Gasteiger partial charge in [-0.1, -0.05) is 55.4 Å². The number of carbonyl (C=O) groups is 3. The molecule has 3 atom stereocenters. The molecule has 0 aromatic heterocycles. The maximum Gasteiger partial charge on any atom is 0.318 e. The summed E-state index contributed by atoms with van der Waals surface area (Å²) < 4.78 is 10.2. The van der Waals surface area contributed by atoms with E-state index in [-0.39, 0.29) is 5.97 Å². The largest absolute Gasteiger partial charge is 0.466 e. The number of rotatable bonds is 5. The van der Waals surface area contributed by atoms with Crippen LogP contribution >= 0.6 is 0 Å². The summed E-state index contributed by atoms with van der Waals surface area (Å²) in [6.07, 6.45) is 0. The molecule has 138 valence electrons. The summed E-state index contributed by atoms with van der Waals surface area (Å²) in [5.41, 5.74) is -1.62. The minimum atomic E-state index is -0.639. The minimum Gasteiger partial charge on any atom is -0.466 e. The van der Waals surface area contributed by atoms with Crippen LogP contribution in [0.2, 0.25) is 0 Å². The fraction of sp³-hybridized carbons (Fsp3) is 0.842. The molecule has 1 saturated heterocycles. The van der Waals surface area contributed by atoms with Crippen LogP contribution in [-0.4, -0.2) is 24.5 Å². The zero-order valence-electron chi connectivity index (χ0n) is 16.5. The lowest BCUT2D eigenvalue weighted by Crippen LogP contribution is -2.51. The highest BCUT2D eigenvalue weighted by atomic mass is 16.6. The Morgan fingerprint density at radius 2 is 1.50 bits per heavy atom. The minimum absolute atomic E-state index is 0.291. The van der Waals surface area contributed by atoms with E-state index < -0.39 is 45.9 Å². The Morgan fingerprint density at radius 3 is 1.92 bits per heavy atom. The van der Waals surface area contributed by atoms with Crippen LogP contribution in [0.1, 0.15) is 62.3 Å². The third kappa shape index (κ3) is 3.35. The molecule has 0 bridgehead atoms. The number of hydrogen-bond donors (Lipinski definition) is 0. The molecule has 5 heteroatoms. The second-order valence-corrected chi connectivity index (χ2v) is 8.98. The summed E-state index contributed by atoms with van der Waals surface area (Å²) in [6.45, 7) is 17.5. The molecule has 1 aliphatic heterocycles. The second kappa shape index (κ2) is 6.49. The summed E-state index contributed by atoms with van der Waals surface area (Å²) in [5, 5.41) is 0. The molecule has 0 amide bonds. The molecule has 24 heavy (non-hydrogen) atoms. The Hall–Kier alpha value is -1.39. The summed E-state index contributed by atoms with van der Waals surface area (Å²) in [6, 6.07) is 0. The average Bonchev–Trinajstić information content (AvgIpc) is 2.72. The lowest BCUT2D eigenvalue weighted by atomic mass is 9.52. The number of esters is 3. The van der Waals surface area contributed by atoms with Gasteiger partial charge < -0.3 is 9.47 Å². The van der Waals surface area contributed by atoms with Crippen LogP contribution in [0.15, 0.2) is 0 Å². The Kier molecular flexibility index (Phi) is 5.58. The summed E-state index contributed by atoms with van der Waals surface area (Å²) >= 11 is 0. The molecule has 0 radical (unpaired) electrons. The van der Waals surface area contributed by atoms with Crippen LogP contribution in [0.5, 0.6) is 0 Å².